The average molecular weight is 246 g/mol. The van der Waals surface area contributed by atoms with Crippen molar-refractivity contribution in [2.75, 3.05) is 11.1 Å². The van der Waals surface area contributed by atoms with Gasteiger partial charge in [0.2, 0.25) is 0 Å². The van der Waals surface area contributed by atoms with Crippen LogP contribution in [0.25, 0.3) is 0 Å². The van der Waals surface area contributed by atoms with Crippen LogP contribution in [0.1, 0.15) is 17.3 Å². The van der Waals surface area contributed by atoms with Crippen molar-refractivity contribution in [1.82, 2.24) is 9.78 Å². The maximum Gasteiger partial charge on any atom is 0.337 e. The lowest BCUT2D eigenvalue weighted by molar-refractivity contribution is 0.0698. The highest BCUT2D eigenvalue weighted by Gasteiger charge is 2.11. The maximum atomic E-state index is 11.1. The Morgan fingerprint density at radius 3 is 2.94 bits per heavy atom. The number of hydrogen-bond donors (Lipinski definition) is 3. The molecule has 0 radical (unpaired) electrons. The summed E-state index contributed by atoms with van der Waals surface area (Å²) in [5.74, 6) is -1.02. The predicted octanol–water partition coefficient (Wildman–Crippen LogP) is 1.93. The number of carboxylic acids is 1. The van der Waals surface area contributed by atoms with Gasteiger partial charge in [-0.2, -0.15) is 5.10 Å². The van der Waals surface area contributed by atoms with Crippen molar-refractivity contribution < 1.29 is 9.90 Å². The topological polar surface area (TPSA) is 93.2 Å². The highest BCUT2D eigenvalue weighted by atomic mass is 16.4. The van der Waals surface area contributed by atoms with Gasteiger partial charge in [0.15, 0.2) is 0 Å². The molecule has 0 aliphatic heterocycles. The van der Waals surface area contributed by atoms with E-state index in [1.165, 1.54) is 6.07 Å². The zero-order valence-electron chi connectivity index (χ0n) is 9.92. The van der Waals surface area contributed by atoms with Gasteiger partial charge in [-0.15, -0.1) is 0 Å². The van der Waals surface area contributed by atoms with Crippen LogP contribution >= 0.6 is 0 Å². The van der Waals surface area contributed by atoms with E-state index in [0.29, 0.717) is 11.4 Å². The molecule has 0 aliphatic carbocycles. The molecule has 18 heavy (non-hydrogen) atoms. The van der Waals surface area contributed by atoms with Gasteiger partial charge in [0.05, 0.1) is 23.1 Å². The lowest BCUT2D eigenvalue weighted by atomic mass is 10.1. The summed E-state index contributed by atoms with van der Waals surface area (Å²) in [7, 11) is 0. The second-order valence-corrected chi connectivity index (χ2v) is 3.82. The molecule has 0 spiro atoms. The van der Waals surface area contributed by atoms with Crippen LogP contribution in [0.15, 0.2) is 30.6 Å². The summed E-state index contributed by atoms with van der Waals surface area (Å²) in [6.07, 6.45) is 3.45. The number of nitrogens with one attached hydrogen (secondary N) is 1. The molecule has 1 aromatic carbocycles. The van der Waals surface area contributed by atoms with Gasteiger partial charge in [-0.3, -0.25) is 4.68 Å². The summed E-state index contributed by atoms with van der Waals surface area (Å²) >= 11 is 0. The largest absolute Gasteiger partial charge is 0.478 e. The van der Waals surface area contributed by atoms with Crippen LogP contribution in [0, 0.1) is 0 Å². The molecule has 2 rings (SSSR count). The number of rotatable bonds is 4. The summed E-state index contributed by atoms with van der Waals surface area (Å²) in [6.45, 7) is 2.73. The Balaban J connectivity index is 2.30. The summed E-state index contributed by atoms with van der Waals surface area (Å²) in [5, 5.41) is 16.2. The van der Waals surface area contributed by atoms with Crippen molar-refractivity contribution in [2.45, 2.75) is 13.5 Å². The van der Waals surface area contributed by atoms with Crippen LogP contribution in [-0.2, 0) is 6.54 Å². The smallest absolute Gasteiger partial charge is 0.337 e. The Bertz CT molecular complexity index is 577. The van der Waals surface area contributed by atoms with Crippen LogP contribution in [0.5, 0.6) is 0 Å². The van der Waals surface area contributed by atoms with Gasteiger partial charge in [-0.1, -0.05) is 0 Å². The molecule has 2 aromatic rings. The van der Waals surface area contributed by atoms with E-state index in [0.717, 1.165) is 12.2 Å². The zero-order chi connectivity index (χ0) is 13.1. The molecule has 0 amide bonds. The van der Waals surface area contributed by atoms with Crippen LogP contribution in [0.3, 0.4) is 0 Å². The fraction of sp³-hybridized carbons (Fsp3) is 0.167. The summed E-state index contributed by atoms with van der Waals surface area (Å²) in [5.41, 5.74) is 7.37. The summed E-state index contributed by atoms with van der Waals surface area (Å²) < 4.78 is 1.75. The first-order chi connectivity index (χ1) is 8.60. The third-order valence-electron chi connectivity index (χ3n) is 2.51. The molecule has 6 nitrogen and oxygen atoms in total. The number of aryl methyl sites for hydroxylation is 1. The van der Waals surface area contributed by atoms with E-state index >= 15 is 0 Å². The average Bonchev–Trinajstić information content (AvgIpc) is 2.79. The van der Waals surface area contributed by atoms with Crippen molar-refractivity contribution in [2.24, 2.45) is 0 Å². The Hall–Kier alpha value is -2.50. The maximum absolute atomic E-state index is 11.1. The fourth-order valence-electron chi connectivity index (χ4n) is 1.60. The Morgan fingerprint density at radius 1 is 1.56 bits per heavy atom. The predicted molar refractivity (Wildman–Crippen MR) is 69.0 cm³/mol. The third kappa shape index (κ3) is 2.42. The number of carboxylic acid groups (broad SMARTS) is 1. The van der Waals surface area contributed by atoms with Gasteiger partial charge in [0, 0.05) is 18.4 Å². The molecule has 1 aromatic heterocycles. The Labute approximate surface area is 104 Å². The molecule has 0 unspecified atom stereocenters. The lowest BCUT2D eigenvalue weighted by Gasteiger charge is -2.08. The number of nitrogen functional groups attached to an aromatic ring is 1. The quantitative estimate of drug-likeness (QED) is 0.717. The van der Waals surface area contributed by atoms with Crippen LogP contribution in [0.4, 0.5) is 17.1 Å². The van der Waals surface area contributed by atoms with E-state index in [2.05, 4.69) is 10.4 Å². The molecule has 0 fully saturated rings. The fourth-order valence-corrected chi connectivity index (χ4v) is 1.60. The lowest BCUT2D eigenvalue weighted by Crippen LogP contribution is -2.03. The van der Waals surface area contributed by atoms with Crippen LogP contribution in [-0.4, -0.2) is 20.9 Å². The van der Waals surface area contributed by atoms with Gasteiger partial charge in [0.1, 0.15) is 0 Å². The van der Waals surface area contributed by atoms with Gasteiger partial charge < -0.3 is 16.2 Å². The van der Waals surface area contributed by atoms with Crippen molar-refractivity contribution in [3.8, 4) is 0 Å². The third-order valence-corrected chi connectivity index (χ3v) is 2.51. The number of aromatic nitrogens is 2. The molecule has 94 valence electrons. The summed E-state index contributed by atoms with van der Waals surface area (Å²) in [6, 6.07) is 4.72. The van der Waals surface area contributed by atoms with Crippen LogP contribution in [0.2, 0.25) is 0 Å². The number of anilines is 3. The number of benzene rings is 1. The first-order valence-electron chi connectivity index (χ1n) is 5.52. The molecular formula is C12H14N4O2. The minimum atomic E-state index is -1.02. The van der Waals surface area contributed by atoms with Gasteiger partial charge >= 0.3 is 5.97 Å². The molecule has 0 atom stereocenters. The van der Waals surface area contributed by atoms with Gasteiger partial charge in [0.25, 0.3) is 0 Å². The molecule has 4 N–H and O–H groups in total. The standard InChI is InChI=1S/C12H14N4O2/c1-2-16-7-9(6-14-16)15-11-4-3-8(13)5-10(11)12(17)18/h3-7,15H,2,13H2,1H3,(H,17,18). The normalized spacial score (nSPS) is 10.3. The Morgan fingerprint density at radius 2 is 2.33 bits per heavy atom. The Kier molecular flexibility index (Phi) is 3.18. The first kappa shape index (κ1) is 12.0. The molecule has 0 saturated heterocycles. The molecule has 0 aliphatic rings. The number of carbonyl (C=O) groups is 1. The van der Waals surface area contributed by atoms with Gasteiger partial charge in [-0.25, -0.2) is 4.79 Å². The number of nitrogens with two attached hydrogens (primary N) is 1. The SMILES string of the molecule is CCn1cc(Nc2ccc(N)cc2C(=O)O)cn1. The van der Waals surface area contributed by atoms with Crippen molar-refractivity contribution >= 4 is 23.0 Å². The minimum Gasteiger partial charge on any atom is -0.478 e. The number of nitrogens with zero attached hydrogens (tertiary/aromatic N) is 2. The van der Waals surface area contributed by atoms with Crippen molar-refractivity contribution in [3.05, 3.63) is 36.2 Å². The van der Waals surface area contributed by atoms with E-state index < -0.39 is 5.97 Å². The van der Waals surface area contributed by atoms with E-state index in [9.17, 15) is 4.79 Å². The highest BCUT2D eigenvalue weighted by Crippen LogP contribution is 2.23. The number of aromatic carboxylic acids is 1. The van der Waals surface area contributed by atoms with E-state index in [-0.39, 0.29) is 5.56 Å². The van der Waals surface area contributed by atoms with E-state index in [4.69, 9.17) is 10.8 Å². The second-order valence-electron chi connectivity index (χ2n) is 3.82. The summed E-state index contributed by atoms with van der Waals surface area (Å²) in [4.78, 5) is 11.1. The molecule has 1 heterocycles. The van der Waals surface area contributed by atoms with Crippen molar-refractivity contribution in [1.29, 1.82) is 0 Å². The van der Waals surface area contributed by atoms with E-state index in [1.807, 2.05) is 13.1 Å². The molecule has 0 saturated carbocycles. The molecule has 0 bridgehead atoms. The highest BCUT2D eigenvalue weighted by molar-refractivity contribution is 5.96. The zero-order valence-corrected chi connectivity index (χ0v) is 9.92. The first-order valence-corrected chi connectivity index (χ1v) is 5.52. The minimum absolute atomic E-state index is 0.138. The van der Waals surface area contributed by atoms with Crippen LogP contribution < -0.4 is 11.1 Å². The van der Waals surface area contributed by atoms with Gasteiger partial charge in [-0.05, 0) is 25.1 Å². The number of hydrogen-bond acceptors (Lipinski definition) is 4. The second kappa shape index (κ2) is 4.79. The molecular weight excluding hydrogens is 232 g/mol. The van der Waals surface area contributed by atoms with Crippen molar-refractivity contribution in [3.63, 3.8) is 0 Å². The molecule has 6 heteroatoms. The van der Waals surface area contributed by atoms with E-state index in [1.54, 1.807) is 23.0 Å². The monoisotopic (exact) mass is 246 g/mol.